The molecule has 7 rings (SSSR count). The van der Waals surface area contributed by atoms with E-state index in [1.165, 1.54) is 42.0 Å². The monoisotopic (exact) mass is 1250 g/mol. The van der Waals surface area contributed by atoms with Crippen LogP contribution in [0, 0.1) is 35.5 Å². The Morgan fingerprint density at radius 3 is 0.989 bits per heavy atom. The summed E-state index contributed by atoms with van der Waals surface area (Å²) in [5.74, 6) is -4.97. The molecular formula is C68H96N8O14. The summed E-state index contributed by atoms with van der Waals surface area (Å²) >= 11 is 0. The van der Waals surface area contributed by atoms with Gasteiger partial charge in [0.15, 0.2) is 35.9 Å². The molecule has 0 N–H and O–H groups in total. The van der Waals surface area contributed by atoms with Crippen molar-refractivity contribution in [1.29, 1.82) is 0 Å². The summed E-state index contributed by atoms with van der Waals surface area (Å²) < 4.78 is 39.7. The highest BCUT2D eigenvalue weighted by Gasteiger charge is 2.43. The number of benzene rings is 2. The molecule has 3 heterocycles. The maximum absolute atomic E-state index is 15.1. The molecule has 4 amide bonds. The SMILES string of the molecule is CC(C)C[C@H]1C(=O)O[C@H](Cc2ccc(Cn3cc(OCC4CC4)cn3)cc2)C(=O)N(C)[C@@H](CC(C)C)C(=O)O[C@H](C)C(=O)N(C)[C@@H](CC(C)C)C(=O)O[C@H](Cc2ccc(Cn3cc(OCC4CC4)cn3)cc2)C(=O)N(C)[C@@H](CC(C)C)C(=O)O[C@H](C)C(=O)N1C. The van der Waals surface area contributed by atoms with Crippen LogP contribution >= 0.6 is 0 Å². The first-order valence-electron chi connectivity index (χ1n) is 32.0. The van der Waals surface area contributed by atoms with Gasteiger partial charge in [0.1, 0.15) is 24.2 Å². The van der Waals surface area contributed by atoms with E-state index < -0.39 is 96.1 Å². The van der Waals surface area contributed by atoms with Crippen LogP contribution in [0.15, 0.2) is 73.3 Å². The van der Waals surface area contributed by atoms with Gasteiger partial charge in [-0.25, -0.2) is 19.2 Å². The van der Waals surface area contributed by atoms with Gasteiger partial charge in [0.25, 0.3) is 23.6 Å². The summed E-state index contributed by atoms with van der Waals surface area (Å²) in [6.07, 6.45) is 5.60. The lowest BCUT2D eigenvalue weighted by atomic mass is 9.99. The molecule has 8 atom stereocenters. The predicted octanol–water partition coefficient (Wildman–Crippen LogP) is 7.73. The van der Waals surface area contributed by atoms with Crippen molar-refractivity contribution in [2.24, 2.45) is 35.5 Å². The van der Waals surface area contributed by atoms with E-state index in [4.69, 9.17) is 28.4 Å². The summed E-state index contributed by atoms with van der Waals surface area (Å²) in [5.41, 5.74) is 2.99. The fourth-order valence-corrected chi connectivity index (χ4v) is 10.9. The van der Waals surface area contributed by atoms with Gasteiger partial charge >= 0.3 is 23.9 Å². The minimum absolute atomic E-state index is 0.0750. The highest BCUT2D eigenvalue weighted by atomic mass is 16.6. The third kappa shape index (κ3) is 20.1. The molecule has 492 valence electrons. The first kappa shape index (κ1) is 69.7. The molecule has 4 aromatic rings. The number of ether oxygens (including phenoxy) is 6. The van der Waals surface area contributed by atoms with Gasteiger partial charge in [-0.15, -0.1) is 0 Å². The van der Waals surface area contributed by atoms with Crippen molar-refractivity contribution in [1.82, 2.24) is 39.2 Å². The van der Waals surface area contributed by atoms with Gasteiger partial charge < -0.3 is 48.0 Å². The first-order chi connectivity index (χ1) is 42.6. The van der Waals surface area contributed by atoms with Crippen molar-refractivity contribution in [2.45, 2.75) is 195 Å². The second kappa shape index (κ2) is 31.8. The van der Waals surface area contributed by atoms with Crippen LogP contribution in [0.4, 0.5) is 0 Å². The van der Waals surface area contributed by atoms with Gasteiger partial charge in [0.2, 0.25) is 0 Å². The van der Waals surface area contributed by atoms with Crippen molar-refractivity contribution >= 4 is 47.5 Å². The van der Waals surface area contributed by atoms with Crippen molar-refractivity contribution in [2.75, 3.05) is 41.4 Å². The van der Waals surface area contributed by atoms with Gasteiger partial charge in [0, 0.05) is 41.0 Å². The Balaban J connectivity index is 1.21. The number of aromatic nitrogens is 4. The fourth-order valence-electron chi connectivity index (χ4n) is 10.9. The van der Waals surface area contributed by atoms with Crippen LogP contribution in [0.2, 0.25) is 0 Å². The van der Waals surface area contributed by atoms with Crippen molar-refractivity contribution in [3.8, 4) is 11.5 Å². The summed E-state index contributed by atoms with van der Waals surface area (Å²) in [5, 5.41) is 8.91. The molecule has 0 unspecified atom stereocenters. The van der Waals surface area contributed by atoms with E-state index in [-0.39, 0.29) is 62.2 Å². The minimum Gasteiger partial charge on any atom is -0.490 e. The number of hydrogen-bond donors (Lipinski definition) is 0. The van der Waals surface area contributed by atoms with Crippen LogP contribution in [0.25, 0.3) is 0 Å². The Hall–Kier alpha value is -7.78. The number of likely N-dealkylation sites (N-methyl/N-ethyl adjacent to an activating group) is 4. The molecule has 2 aromatic heterocycles. The molecule has 0 bridgehead atoms. The number of rotatable bonds is 22. The highest BCUT2D eigenvalue weighted by molar-refractivity contribution is 5.94. The lowest BCUT2D eigenvalue weighted by Crippen LogP contribution is -2.55. The number of hydrogen-bond acceptors (Lipinski definition) is 16. The lowest BCUT2D eigenvalue weighted by Gasteiger charge is -2.35. The van der Waals surface area contributed by atoms with Crippen LogP contribution in [0.1, 0.15) is 143 Å². The third-order valence-electron chi connectivity index (χ3n) is 16.6. The summed E-state index contributed by atoms with van der Waals surface area (Å²) in [7, 11) is 5.59. The van der Waals surface area contributed by atoms with E-state index in [0.29, 0.717) is 60.8 Å². The number of carbonyl (C=O) groups excluding carboxylic acids is 8. The average molecular weight is 1250 g/mol. The molecule has 2 aromatic carbocycles. The zero-order valence-electron chi connectivity index (χ0n) is 55.2. The maximum Gasteiger partial charge on any atom is 0.329 e. The van der Waals surface area contributed by atoms with E-state index in [2.05, 4.69) is 10.2 Å². The van der Waals surface area contributed by atoms with Gasteiger partial charge in [-0.1, -0.05) is 104 Å². The van der Waals surface area contributed by atoms with Crippen LogP contribution in [0.5, 0.6) is 11.5 Å². The second-order valence-electron chi connectivity index (χ2n) is 26.7. The van der Waals surface area contributed by atoms with Crippen LogP contribution in [0.3, 0.4) is 0 Å². The molecule has 22 heteroatoms. The number of carbonyl (C=O) groups is 8. The van der Waals surface area contributed by atoms with E-state index in [9.17, 15) is 28.8 Å². The first-order valence-corrected chi connectivity index (χ1v) is 32.0. The summed E-state index contributed by atoms with van der Waals surface area (Å²) in [6.45, 7) is 19.7. The van der Waals surface area contributed by atoms with Crippen LogP contribution < -0.4 is 9.47 Å². The highest BCUT2D eigenvalue weighted by Crippen LogP contribution is 2.31. The minimum atomic E-state index is -1.55. The molecule has 0 spiro atoms. The molecule has 22 nitrogen and oxygen atoms in total. The Morgan fingerprint density at radius 2 is 0.700 bits per heavy atom. The van der Waals surface area contributed by atoms with Gasteiger partial charge in [-0.2, -0.15) is 10.2 Å². The van der Waals surface area contributed by atoms with Gasteiger partial charge in [-0.05, 0) is 123 Å². The zero-order chi connectivity index (χ0) is 65.7. The van der Waals surface area contributed by atoms with Crippen molar-refractivity contribution in [3.05, 3.63) is 95.6 Å². The second-order valence-corrected chi connectivity index (χ2v) is 26.7. The van der Waals surface area contributed by atoms with Crippen LogP contribution in [-0.2, 0) is 83.2 Å². The standard InChI is InChI=1S/C68H96N8O14/c1-41(2)27-55-65(81)87-45(9)61(77)71(11)58(30-44(7)8)68(84)90-60(32-48-17-21-50(22-18-48)36-76-38-54(34-70-76)86-40-52-25-26-52)64(80)74(14)56(28-42(3)4)66(82)88-46(10)62(78)72(12)57(29-43(5)6)67(83)89-59(63(79)73(55)13)31-47-15-19-49(20-16-47)35-75-37-53(33-69-75)85-39-51-23-24-51/h15-22,33-34,37-38,41-46,51-52,55-60H,23-32,35-36,39-40H2,1-14H3/t45-,46-,55+,56+,57+,58+,59-,60-/m1/s1. The predicted molar refractivity (Wildman–Crippen MR) is 334 cm³/mol. The molecular weight excluding hydrogens is 1150 g/mol. The topological polar surface area (TPSA) is 241 Å². The lowest BCUT2D eigenvalue weighted by molar-refractivity contribution is -0.176. The smallest absolute Gasteiger partial charge is 0.329 e. The molecule has 90 heavy (non-hydrogen) atoms. The number of amides is 4. The number of cyclic esters (lactones) is 4. The Morgan fingerprint density at radius 1 is 0.422 bits per heavy atom. The van der Waals surface area contributed by atoms with Crippen molar-refractivity contribution < 1.29 is 66.8 Å². The zero-order valence-corrected chi connectivity index (χ0v) is 55.2. The molecule has 2 aliphatic carbocycles. The Bertz CT molecular complexity index is 2860. The molecule has 2 saturated carbocycles. The summed E-state index contributed by atoms with van der Waals surface area (Å²) in [4.78, 5) is 123. The molecule has 3 fully saturated rings. The Kier molecular flexibility index (Phi) is 24.6. The maximum atomic E-state index is 15.1. The average Bonchev–Trinajstić information content (AvgIpc) is 1.87. The molecule has 1 aliphatic heterocycles. The molecule has 3 aliphatic rings. The largest absolute Gasteiger partial charge is 0.490 e. The normalized spacial score (nSPS) is 23.6. The Labute approximate surface area is 530 Å². The number of esters is 4. The summed E-state index contributed by atoms with van der Waals surface area (Å²) in [6, 6.07) is 9.53. The van der Waals surface area contributed by atoms with Gasteiger partial charge in [0.05, 0.1) is 51.1 Å². The van der Waals surface area contributed by atoms with Crippen molar-refractivity contribution in [3.63, 3.8) is 0 Å². The molecule has 0 radical (unpaired) electrons. The number of nitrogens with zero attached hydrogens (tertiary/aromatic N) is 8. The third-order valence-corrected chi connectivity index (χ3v) is 16.6. The molecule has 1 saturated heterocycles. The van der Waals surface area contributed by atoms with E-state index >= 15 is 9.59 Å². The fraction of sp³-hybridized carbons (Fsp3) is 0.618. The van der Waals surface area contributed by atoms with E-state index in [1.807, 2.05) is 116 Å². The van der Waals surface area contributed by atoms with Gasteiger partial charge in [-0.3, -0.25) is 28.5 Å². The van der Waals surface area contributed by atoms with Crippen LogP contribution in [-0.4, -0.2) is 177 Å². The van der Waals surface area contributed by atoms with E-state index in [1.54, 1.807) is 21.8 Å². The van der Waals surface area contributed by atoms with E-state index in [0.717, 1.165) is 56.4 Å². The quantitative estimate of drug-likeness (QED) is 0.0540.